The Morgan fingerprint density at radius 1 is 0.714 bits per heavy atom. The predicted molar refractivity (Wildman–Crippen MR) is 104 cm³/mol. The smallest absolute Gasteiger partial charge is 0.0656 e. The molecule has 0 aromatic heterocycles. The summed E-state index contributed by atoms with van der Waals surface area (Å²) in [4.78, 5) is 0. The van der Waals surface area contributed by atoms with E-state index in [9.17, 15) is 0 Å². The highest BCUT2D eigenvalue weighted by atomic mass is 32.1. The van der Waals surface area contributed by atoms with Crippen molar-refractivity contribution in [1.29, 1.82) is 0 Å². The Bertz CT molecular complexity index is 240. The molecule has 0 amide bonds. The van der Waals surface area contributed by atoms with Crippen molar-refractivity contribution < 1.29 is 3.89 Å². The summed E-state index contributed by atoms with van der Waals surface area (Å²) in [6.07, 6.45) is 15.5. The standard InChI is InChI=1S/C17H35NS3/c1-3-5-7-9-11-13-15-18(21,17(19)20)16-14-12-10-8-6-4-2/h3-16H2,1-2H3,(H,19,20)/p-1. The summed E-state index contributed by atoms with van der Waals surface area (Å²) in [5, 5.41) is 0. The molecule has 0 unspecified atom stereocenters. The van der Waals surface area contributed by atoms with Gasteiger partial charge in [0.15, 0.2) is 0 Å². The molecule has 1 nitrogen and oxygen atoms in total. The number of thiocarbonyl (C=S) groups is 1. The molecule has 0 bridgehead atoms. The third-order valence-electron chi connectivity index (χ3n) is 4.08. The minimum Gasteiger partial charge on any atom is -0.489 e. The Labute approximate surface area is 149 Å². The van der Waals surface area contributed by atoms with Crippen molar-refractivity contribution in [1.82, 2.24) is 0 Å². The lowest BCUT2D eigenvalue weighted by atomic mass is 10.1. The van der Waals surface area contributed by atoms with Crippen molar-refractivity contribution in [3.63, 3.8) is 0 Å². The van der Waals surface area contributed by atoms with Gasteiger partial charge in [-0.25, -0.2) is 0 Å². The van der Waals surface area contributed by atoms with Crippen LogP contribution in [0.25, 0.3) is 0 Å². The maximum atomic E-state index is 5.72. The van der Waals surface area contributed by atoms with E-state index in [-0.39, 0.29) is 0 Å². The second kappa shape index (κ2) is 14.2. The van der Waals surface area contributed by atoms with Gasteiger partial charge in [-0.15, -0.1) is 0 Å². The van der Waals surface area contributed by atoms with E-state index in [1.54, 1.807) is 0 Å². The van der Waals surface area contributed by atoms with Gasteiger partial charge < -0.3 is 41.5 Å². The van der Waals surface area contributed by atoms with Crippen molar-refractivity contribution in [2.45, 2.75) is 90.9 Å². The lowest BCUT2D eigenvalue weighted by Gasteiger charge is -2.47. The first-order valence-electron chi connectivity index (χ1n) is 8.86. The molecule has 0 saturated heterocycles. The van der Waals surface area contributed by atoms with Gasteiger partial charge in [-0.05, 0) is 25.7 Å². The first-order chi connectivity index (χ1) is 10.1. The van der Waals surface area contributed by atoms with E-state index in [4.69, 9.17) is 37.7 Å². The normalized spacial score (nSPS) is 11.8. The minimum absolute atomic E-state index is 0.423. The van der Waals surface area contributed by atoms with Gasteiger partial charge >= 0.3 is 0 Å². The Hall–Kier alpha value is 0.620. The summed E-state index contributed by atoms with van der Waals surface area (Å²) in [6.45, 7) is 6.42. The second-order valence-electron chi connectivity index (χ2n) is 6.14. The van der Waals surface area contributed by atoms with Crippen LogP contribution in [0.3, 0.4) is 0 Å². The molecule has 0 aromatic carbocycles. The number of nitrogens with zero attached hydrogens (tertiary/aromatic N) is 1. The fraction of sp³-hybridized carbons (Fsp3) is 0.941. The van der Waals surface area contributed by atoms with Crippen molar-refractivity contribution >= 4 is 42.0 Å². The van der Waals surface area contributed by atoms with Crippen molar-refractivity contribution in [2.75, 3.05) is 13.1 Å². The molecule has 0 N–H and O–H groups in total. The van der Waals surface area contributed by atoms with Gasteiger partial charge in [0.1, 0.15) is 0 Å². The fourth-order valence-electron chi connectivity index (χ4n) is 2.59. The molecular weight excluding hydrogens is 314 g/mol. The highest BCUT2D eigenvalue weighted by molar-refractivity contribution is 8.00. The summed E-state index contributed by atoms with van der Waals surface area (Å²) in [6, 6.07) is 0. The van der Waals surface area contributed by atoms with Crippen LogP contribution in [0.1, 0.15) is 90.9 Å². The number of quaternary nitrogens is 1. The highest BCUT2D eigenvalue weighted by Crippen LogP contribution is 2.15. The average molecular weight is 349 g/mol. The van der Waals surface area contributed by atoms with Crippen LogP contribution < -0.4 is 0 Å². The summed E-state index contributed by atoms with van der Waals surface area (Å²) in [5.41, 5.74) is 0. The van der Waals surface area contributed by atoms with Crippen LogP contribution in [0.15, 0.2) is 0 Å². The third-order valence-corrected chi connectivity index (χ3v) is 5.56. The quantitative estimate of drug-likeness (QED) is 0.168. The van der Waals surface area contributed by atoms with E-state index in [1.165, 1.54) is 77.0 Å². The van der Waals surface area contributed by atoms with Crippen LogP contribution in [0, 0.1) is 0 Å². The van der Waals surface area contributed by atoms with E-state index in [0.29, 0.717) is 8.21 Å². The molecule has 0 heterocycles. The van der Waals surface area contributed by atoms with E-state index in [2.05, 4.69) is 13.8 Å². The number of hydrogen-bond donors (Lipinski definition) is 0. The number of unbranched alkanes of at least 4 members (excludes halogenated alkanes) is 10. The monoisotopic (exact) mass is 348 g/mol. The summed E-state index contributed by atoms with van der Waals surface area (Å²) in [7, 11) is 0. The highest BCUT2D eigenvalue weighted by Gasteiger charge is 2.12. The predicted octanol–water partition coefficient (Wildman–Crippen LogP) is 5.82. The molecule has 0 aliphatic rings. The molecule has 0 atom stereocenters. The molecule has 0 radical (unpaired) electrons. The van der Waals surface area contributed by atoms with Gasteiger partial charge in [-0.2, -0.15) is 0 Å². The maximum absolute atomic E-state index is 5.72. The third kappa shape index (κ3) is 11.8. The second-order valence-corrected chi connectivity index (χ2v) is 7.87. The van der Waals surface area contributed by atoms with Gasteiger partial charge in [0, 0.05) is 4.32 Å². The summed E-state index contributed by atoms with van der Waals surface area (Å²) in [5.74, 6) is 0. The Morgan fingerprint density at radius 3 is 1.38 bits per heavy atom. The molecule has 0 aromatic rings. The Morgan fingerprint density at radius 2 is 1.05 bits per heavy atom. The molecule has 0 saturated carbocycles. The maximum Gasteiger partial charge on any atom is 0.0656 e. The van der Waals surface area contributed by atoms with E-state index >= 15 is 0 Å². The molecule has 0 spiro atoms. The molecule has 0 aliphatic carbocycles. The summed E-state index contributed by atoms with van der Waals surface area (Å²) < 4.78 is 0.999. The summed E-state index contributed by atoms with van der Waals surface area (Å²) >= 11 is 16.2. The first-order valence-corrected chi connectivity index (χ1v) is 10.0. The van der Waals surface area contributed by atoms with Gasteiger partial charge in [-0.3, -0.25) is 0 Å². The van der Waals surface area contributed by atoms with Gasteiger partial charge in [-0.1, -0.05) is 65.2 Å². The van der Waals surface area contributed by atoms with E-state index in [1.807, 2.05) is 0 Å². The molecule has 126 valence electrons. The Balaban J connectivity index is 3.82. The van der Waals surface area contributed by atoms with Crippen molar-refractivity contribution in [3.8, 4) is 0 Å². The molecule has 4 heteroatoms. The van der Waals surface area contributed by atoms with Crippen LogP contribution in [-0.4, -0.2) is 21.3 Å². The zero-order chi connectivity index (χ0) is 16.0. The number of rotatable bonds is 14. The lowest BCUT2D eigenvalue weighted by molar-refractivity contribution is -0.691. The van der Waals surface area contributed by atoms with Crippen LogP contribution in [0.2, 0.25) is 0 Å². The van der Waals surface area contributed by atoms with Crippen LogP contribution in [0.5, 0.6) is 0 Å². The van der Waals surface area contributed by atoms with Gasteiger partial charge in [0.2, 0.25) is 0 Å². The van der Waals surface area contributed by atoms with Crippen LogP contribution in [-0.2, 0) is 25.4 Å². The minimum atomic E-state index is 0.423. The molecule has 0 fully saturated rings. The van der Waals surface area contributed by atoms with E-state index in [0.717, 1.165) is 13.1 Å². The van der Waals surface area contributed by atoms with Crippen LogP contribution >= 0.6 is 12.2 Å². The molecule has 21 heavy (non-hydrogen) atoms. The fourth-order valence-corrected chi connectivity index (χ4v) is 3.21. The zero-order valence-electron chi connectivity index (χ0n) is 14.1. The Kier molecular flexibility index (Phi) is 14.6. The first kappa shape index (κ1) is 21.6. The molecule has 0 aliphatic heterocycles. The number of hydrogen-bond acceptors (Lipinski definition) is 3. The van der Waals surface area contributed by atoms with Crippen molar-refractivity contribution in [2.24, 2.45) is 0 Å². The zero-order valence-corrected chi connectivity index (χ0v) is 16.5. The van der Waals surface area contributed by atoms with Gasteiger partial charge in [0.25, 0.3) is 0 Å². The molecular formula is C17H34NS3-. The lowest BCUT2D eigenvalue weighted by Crippen LogP contribution is -2.47. The van der Waals surface area contributed by atoms with E-state index < -0.39 is 0 Å². The topological polar surface area (TPSA) is 0 Å². The largest absolute Gasteiger partial charge is 0.489 e. The SMILES string of the molecule is CCCCCCCC[N+]([S-])(CCCCCCCC)C(=S)[S-]. The average Bonchev–Trinajstić information content (AvgIpc) is 2.46. The van der Waals surface area contributed by atoms with Crippen molar-refractivity contribution in [3.05, 3.63) is 0 Å². The van der Waals surface area contributed by atoms with Gasteiger partial charge in [0.05, 0.1) is 13.1 Å². The molecule has 0 rings (SSSR count). The van der Waals surface area contributed by atoms with Crippen LogP contribution in [0.4, 0.5) is 0 Å².